The molecule has 416 valence electrons. The maximum absolute atomic E-state index is 2.63. The number of nitrogens with zero attached hydrogens (tertiary/aromatic N) is 2. The quantitative estimate of drug-likeness (QED) is 0.0423. The number of anilines is 4. The Morgan fingerprint density at radius 2 is 0.962 bits per heavy atom. The summed E-state index contributed by atoms with van der Waals surface area (Å²) in [5.74, 6) is 0.666. The summed E-state index contributed by atoms with van der Waals surface area (Å²) in [5, 5.41) is 0. The van der Waals surface area contributed by atoms with Crippen LogP contribution in [0.5, 0.6) is 0 Å². The average molecular weight is 1050 g/mol. The Morgan fingerprint density at radius 3 is 1.47 bits per heavy atom. The van der Waals surface area contributed by atoms with Crippen molar-refractivity contribution in [2.45, 2.75) is 219 Å². The molecule has 4 aliphatic carbocycles. The zero-order chi connectivity index (χ0) is 54.5. The summed E-state index contributed by atoms with van der Waals surface area (Å²) in [4.78, 5) is 5.07. The van der Waals surface area contributed by atoms with Gasteiger partial charge in [0.25, 0.3) is 0 Å². The van der Waals surface area contributed by atoms with Gasteiger partial charge in [-0.05, 0) is 183 Å². The molecule has 0 bridgehead atoms. The Hall–Kier alpha value is -5.86. The lowest BCUT2D eigenvalue weighted by molar-refractivity contribution is 0.502. The topological polar surface area (TPSA) is 6.48 Å². The van der Waals surface area contributed by atoms with Crippen LogP contribution in [-0.2, 0) is 18.3 Å². The Bertz CT molecular complexity index is 2750. The summed E-state index contributed by atoms with van der Waals surface area (Å²) < 4.78 is 0. The molecule has 2 atom stereocenters. The van der Waals surface area contributed by atoms with Crippen LogP contribution in [0.1, 0.15) is 217 Å². The average Bonchev–Trinajstić information content (AvgIpc) is 4.08. The van der Waals surface area contributed by atoms with E-state index in [9.17, 15) is 0 Å². The molecule has 0 N–H and O–H groups in total. The minimum atomic E-state index is 0.123. The van der Waals surface area contributed by atoms with Gasteiger partial charge in [0.05, 0.1) is 6.04 Å². The third kappa shape index (κ3) is 15.5. The van der Waals surface area contributed by atoms with Crippen molar-refractivity contribution in [2.24, 2.45) is 5.92 Å². The van der Waals surface area contributed by atoms with Crippen LogP contribution in [0.3, 0.4) is 0 Å². The molecule has 0 heterocycles. The molecule has 2 heteroatoms. The van der Waals surface area contributed by atoms with Gasteiger partial charge in [-0.25, -0.2) is 0 Å². The van der Waals surface area contributed by atoms with E-state index < -0.39 is 0 Å². The number of allylic oxidation sites excluding steroid dienone is 9. The normalized spacial score (nSPS) is 17.8. The van der Waals surface area contributed by atoms with Crippen molar-refractivity contribution < 1.29 is 0 Å². The van der Waals surface area contributed by atoms with Gasteiger partial charge in [0.1, 0.15) is 0 Å². The van der Waals surface area contributed by atoms with Crippen LogP contribution in [0, 0.1) is 5.92 Å². The molecule has 5 aromatic carbocycles. The van der Waals surface area contributed by atoms with Gasteiger partial charge in [0, 0.05) is 33.9 Å². The van der Waals surface area contributed by atoms with Crippen LogP contribution in [0.4, 0.5) is 22.7 Å². The van der Waals surface area contributed by atoms with E-state index in [1.807, 2.05) is 0 Å². The Morgan fingerprint density at radius 1 is 0.443 bits per heavy atom. The first-order valence-corrected chi connectivity index (χ1v) is 32.2. The third-order valence-electron chi connectivity index (χ3n) is 18.3. The van der Waals surface area contributed by atoms with Gasteiger partial charge >= 0.3 is 0 Å². The van der Waals surface area contributed by atoms with E-state index in [1.54, 1.807) is 5.57 Å². The van der Waals surface area contributed by atoms with Crippen molar-refractivity contribution in [2.75, 3.05) is 9.80 Å². The standard InChI is InChI=1S/C77H98N2/c1-5-9-13-17-23-61-27-47-71(48-28-61)78(72-49-29-62(30-50-72)24-18-14-10-6-2)75-55-39-67(40-56-75)65-35-43-69(44-36-65)77(59-21-22-60-77)70-45-37-66(38-46-70)68-41-57-76(58-42-68)79(73-51-31-63(32-52-73)25-19-15-11-7-3)74-53-33-64(34-54-74)26-20-16-12-8-4/h27-33,35-37,39-45,47-51,53-58,64,73H,5-26,34,38,46,52,59-60H2,1-4H3. The van der Waals surface area contributed by atoms with Crippen molar-refractivity contribution in [1.82, 2.24) is 0 Å². The van der Waals surface area contributed by atoms with Crippen LogP contribution in [0.25, 0.3) is 16.7 Å². The van der Waals surface area contributed by atoms with Crippen molar-refractivity contribution in [1.29, 1.82) is 0 Å². The Kier molecular flexibility index (Phi) is 22.0. The second-order valence-electron chi connectivity index (χ2n) is 24.1. The van der Waals surface area contributed by atoms with Crippen molar-refractivity contribution in [3.63, 3.8) is 0 Å². The van der Waals surface area contributed by atoms with Gasteiger partial charge in [0.2, 0.25) is 0 Å². The number of rotatable bonds is 30. The van der Waals surface area contributed by atoms with Gasteiger partial charge in [-0.15, -0.1) is 0 Å². The molecular formula is C77H98N2. The number of unbranched alkanes of at least 4 members (excludes halogenated alkanes) is 12. The largest absolute Gasteiger partial charge is 0.335 e. The first kappa shape index (κ1) is 57.8. The van der Waals surface area contributed by atoms with E-state index >= 15 is 0 Å². The number of aryl methyl sites for hydroxylation is 2. The molecule has 2 unspecified atom stereocenters. The van der Waals surface area contributed by atoms with Gasteiger partial charge < -0.3 is 9.80 Å². The van der Waals surface area contributed by atoms with E-state index in [4.69, 9.17) is 0 Å². The highest BCUT2D eigenvalue weighted by Gasteiger charge is 2.39. The fraction of sp³-hybridized carbons (Fsp3) is 0.455. The lowest BCUT2D eigenvalue weighted by Crippen LogP contribution is -2.34. The van der Waals surface area contributed by atoms with Gasteiger partial charge in [0.15, 0.2) is 0 Å². The zero-order valence-corrected chi connectivity index (χ0v) is 49.5. The summed E-state index contributed by atoms with van der Waals surface area (Å²) in [6.45, 7) is 9.20. The lowest BCUT2D eigenvalue weighted by Gasteiger charge is -2.36. The summed E-state index contributed by atoms with van der Waals surface area (Å²) in [6, 6.07) is 47.7. The first-order chi connectivity index (χ1) is 39.0. The van der Waals surface area contributed by atoms with Crippen molar-refractivity contribution in [3.05, 3.63) is 209 Å². The second-order valence-corrected chi connectivity index (χ2v) is 24.1. The van der Waals surface area contributed by atoms with Crippen molar-refractivity contribution >= 4 is 28.3 Å². The molecule has 9 rings (SSSR count). The first-order valence-electron chi connectivity index (χ1n) is 32.2. The number of benzene rings is 5. The maximum Gasteiger partial charge on any atom is 0.0559 e. The van der Waals surface area contributed by atoms with E-state index in [-0.39, 0.29) is 5.41 Å². The molecule has 2 nitrogen and oxygen atoms in total. The monoisotopic (exact) mass is 1050 g/mol. The predicted octanol–water partition coefficient (Wildman–Crippen LogP) is 23.1. The lowest BCUT2D eigenvalue weighted by atomic mass is 9.69. The molecule has 0 radical (unpaired) electrons. The molecule has 0 aliphatic heterocycles. The highest BCUT2D eigenvalue weighted by atomic mass is 15.2. The SMILES string of the molecule is CCCCCCC1=CCC(N(C2=CCC(CCCCCC)C=C2)c2ccc(C3=CC=C(C4(c5ccc(-c6ccc(N(c7ccc(CCCCCC)cc7)c7ccc(CCCCCC)cc7)cc6)cc5)CCCC4)CC3)cc2)C=C1. The van der Waals surface area contributed by atoms with Crippen LogP contribution in [0.15, 0.2) is 187 Å². The fourth-order valence-electron chi connectivity index (χ4n) is 13.5. The molecule has 5 aromatic rings. The molecule has 4 aliphatic rings. The predicted molar refractivity (Wildman–Crippen MR) is 345 cm³/mol. The highest BCUT2D eigenvalue weighted by molar-refractivity contribution is 5.79. The van der Waals surface area contributed by atoms with Crippen LogP contribution in [0.2, 0.25) is 0 Å². The molecule has 1 saturated carbocycles. The summed E-state index contributed by atoms with van der Waals surface area (Å²) in [7, 11) is 0. The molecule has 79 heavy (non-hydrogen) atoms. The van der Waals surface area contributed by atoms with Gasteiger partial charge in [-0.1, -0.05) is 250 Å². The van der Waals surface area contributed by atoms with E-state index in [1.165, 1.54) is 214 Å². The number of hydrogen-bond acceptors (Lipinski definition) is 2. The molecule has 0 amide bonds. The zero-order valence-electron chi connectivity index (χ0n) is 49.5. The molecular weight excluding hydrogens is 953 g/mol. The minimum Gasteiger partial charge on any atom is -0.335 e. The Labute approximate surface area is 480 Å². The van der Waals surface area contributed by atoms with E-state index in [0.29, 0.717) is 12.0 Å². The van der Waals surface area contributed by atoms with Crippen molar-refractivity contribution in [3.8, 4) is 11.1 Å². The minimum absolute atomic E-state index is 0.123. The van der Waals surface area contributed by atoms with Gasteiger partial charge in [-0.3, -0.25) is 0 Å². The molecule has 0 aromatic heterocycles. The summed E-state index contributed by atoms with van der Waals surface area (Å²) in [5.41, 5.74) is 19.3. The van der Waals surface area contributed by atoms with Crippen LogP contribution >= 0.6 is 0 Å². The van der Waals surface area contributed by atoms with Crippen LogP contribution < -0.4 is 9.80 Å². The third-order valence-corrected chi connectivity index (χ3v) is 18.3. The smallest absolute Gasteiger partial charge is 0.0559 e. The summed E-state index contributed by atoms with van der Waals surface area (Å²) >= 11 is 0. The fourth-order valence-corrected chi connectivity index (χ4v) is 13.5. The van der Waals surface area contributed by atoms with Crippen LogP contribution in [-0.4, -0.2) is 6.04 Å². The number of hydrogen-bond donors (Lipinski definition) is 0. The molecule has 0 spiro atoms. The highest BCUT2D eigenvalue weighted by Crippen LogP contribution is 2.50. The van der Waals surface area contributed by atoms with E-state index in [2.05, 4.69) is 207 Å². The maximum atomic E-state index is 2.63. The van der Waals surface area contributed by atoms with E-state index in [0.717, 1.165) is 38.5 Å². The molecule has 1 fully saturated rings. The summed E-state index contributed by atoms with van der Waals surface area (Å²) in [6.07, 6.45) is 55.3. The molecule has 0 saturated heterocycles. The van der Waals surface area contributed by atoms with Gasteiger partial charge in [-0.2, -0.15) is 0 Å². The Balaban J connectivity index is 0.889. The second kappa shape index (κ2) is 30.1.